The standard InChI is InChI=1S/C74H55NS/c1-50-43-57(47-58(44-50)55-38-37-52-23-14-15-24-53(52)46-55)54(45-51-21-6-2-7-22-51)39-40-56-48-68-72(64-32-17-16-31-63(56)64)65-42-41-62(49-67(65)74(68,59-25-8-3-9-26-59)60-27-10-4-11-28-60)75(61-29-12-5-13-30-61)69-34-20-36-71-73(69)66-33-18-19-35-70(66)76-71/h2-38,41-44,46-49,54H,39-40,45H2,1H3. The molecule has 0 radical (unpaired) electrons. The molecule has 14 rings (SSSR count). The van der Waals surface area contributed by atoms with Crippen molar-refractivity contribution in [3.63, 3.8) is 0 Å². The van der Waals surface area contributed by atoms with E-state index in [1.165, 1.54) is 114 Å². The Kier molecular flexibility index (Phi) is 11.5. The molecule has 2 heteroatoms. The Labute approximate surface area is 449 Å². The maximum absolute atomic E-state index is 2.63. The molecule has 362 valence electrons. The van der Waals surface area contributed by atoms with Crippen LogP contribution in [-0.2, 0) is 18.3 Å². The lowest BCUT2D eigenvalue weighted by atomic mass is 9.67. The van der Waals surface area contributed by atoms with Crippen molar-refractivity contribution in [2.45, 2.75) is 37.5 Å². The Bertz CT molecular complexity index is 4230. The molecule has 1 nitrogen and oxygen atoms in total. The second-order valence-electron chi connectivity index (χ2n) is 20.8. The van der Waals surface area contributed by atoms with Gasteiger partial charge in [0.15, 0.2) is 0 Å². The molecular formula is C74H55NS. The third-order valence-corrected chi connectivity index (χ3v) is 17.4. The van der Waals surface area contributed by atoms with E-state index in [2.05, 4.69) is 285 Å². The highest BCUT2D eigenvalue weighted by Gasteiger charge is 2.47. The molecule has 13 aromatic rings. The Balaban J connectivity index is 0.956. The summed E-state index contributed by atoms with van der Waals surface area (Å²) in [6.45, 7) is 2.26. The molecule has 0 N–H and O–H groups in total. The van der Waals surface area contributed by atoms with Crippen LogP contribution in [0.4, 0.5) is 17.1 Å². The van der Waals surface area contributed by atoms with Crippen molar-refractivity contribution in [1.29, 1.82) is 0 Å². The second kappa shape index (κ2) is 19.1. The molecule has 0 bridgehead atoms. The lowest BCUT2D eigenvalue weighted by Gasteiger charge is -2.35. The first-order valence-corrected chi connectivity index (χ1v) is 27.6. The molecule has 1 heterocycles. The fraction of sp³-hybridized carbons (Fsp3) is 0.0811. The van der Waals surface area contributed by atoms with Crippen molar-refractivity contribution in [3.05, 3.63) is 317 Å². The Morgan fingerprint density at radius 2 is 1.09 bits per heavy atom. The first-order valence-electron chi connectivity index (χ1n) is 26.8. The number of thiophene rings is 1. The minimum atomic E-state index is -0.625. The maximum Gasteiger partial charge on any atom is 0.0714 e. The number of hydrogen-bond acceptors (Lipinski definition) is 2. The maximum atomic E-state index is 2.63. The summed E-state index contributed by atoms with van der Waals surface area (Å²) in [4.78, 5) is 2.50. The van der Waals surface area contributed by atoms with E-state index in [1.54, 1.807) is 0 Å². The quantitative estimate of drug-likeness (QED) is 0.118. The molecule has 0 amide bonds. The van der Waals surface area contributed by atoms with Gasteiger partial charge in [-0.05, 0) is 163 Å². The van der Waals surface area contributed by atoms with Crippen LogP contribution in [0, 0.1) is 6.92 Å². The summed E-state index contributed by atoms with van der Waals surface area (Å²) >= 11 is 1.87. The predicted molar refractivity (Wildman–Crippen MR) is 324 cm³/mol. The SMILES string of the molecule is Cc1cc(-c2ccc3ccccc3c2)cc(C(CCc2cc3c(c4ccccc24)-c2ccc(N(c4ccccc4)c4cccc5sc6ccccc6c45)cc2C3(c2ccccc2)c2ccccc2)Cc2ccccc2)c1. The Morgan fingerprint density at radius 3 is 1.86 bits per heavy atom. The molecule has 76 heavy (non-hydrogen) atoms. The van der Waals surface area contributed by atoms with E-state index in [4.69, 9.17) is 0 Å². The van der Waals surface area contributed by atoms with Crippen molar-refractivity contribution < 1.29 is 0 Å². The number of rotatable bonds is 12. The van der Waals surface area contributed by atoms with Gasteiger partial charge in [0.1, 0.15) is 0 Å². The summed E-state index contributed by atoms with van der Waals surface area (Å²) in [5.74, 6) is 0.287. The van der Waals surface area contributed by atoms with Gasteiger partial charge in [-0.3, -0.25) is 0 Å². The van der Waals surface area contributed by atoms with Gasteiger partial charge >= 0.3 is 0 Å². The first-order chi connectivity index (χ1) is 37.6. The number of hydrogen-bond donors (Lipinski definition) is 0. The van der Waals surface area contributed by atoms with Crippen LogP contribution in [0.2, 0.25) is 0 Å². The summed E-state index contributed by atoms with van der Waals surface area (Å²) in [6, 6.07) is 103. The van der Waals surface area contributed by atoms with E-state index in [9.17, 15) is 0 Å². The fourth-order valence-electron chi connectivity index (χ4n) is 12.9. The Hall–Kier alpha value is -8.82. The monoisotopic (exact) mass is 989 g/mol. The molecule has 0 saturated heterocycles. The number of nitrogens with zero attached hydrogens (tertiary/aromatic N) is 1. The van der Waals surface area contributed by atoms with Gasteiger partial charge in [0, 0.05) is 31.5 Å². The molecule has 0 fully saturated rings. The minimum Gasteiger partial charge on any atom is -0.310 e. The number of aryl methyl sites for hydroxylation is 2. The van der Waals surface area contributed by atoms with Crippen LogP contribution in [-0.4, -0.2) is 0 Å². The number of fused-ring (bicyclic) bond motifs is 9. The lowest BCUT2D eigenvalue weighted by molar-refractivity contribution is 0.621. The van der Waals surface area contributed by atoms with Gasteiger partial charge in [-0.25, -0.2) is 0 Å². The van der Waals surface area contributed by atoms with Crippen LogP contribution in [0.3, 0.4) is 0 Å². The second-order valence-corrected chi connectivity index (χ2v) is 21.8. The molecule has 0 aliphatic heterocycles. The van der Waals surface area contributed by atoms with Crippen LogP contribution in [0.15, 0.2) is 273 Å². The van der Waals surface area contributed by atoms with Crippen molar-refractivity contribution in [1.82, 2.24) is 0 Å². The summed E-state index contributed by atoms with van der Waals surface area (Å²) < 4.78 is 2.59. The summed E-state index contributed by atoms with van der Waals surface area (Å²) in [5, 5.41) is 7.74. The van der Waals surface area contributed by atoms with Crippen molar-refractivity contribution in [2.75, 3.05) is 4.90 Å². The van der Waals surface area contributed by atoms with Gasteiger partial charge < -0.3 is 4.90 Å². The molecule has 0 saturated carbocycles. The third kappa shape index (κ3) is 7.83. The predicted octanol–water partition coefficient (Wildman–Crippen LogP) is 20.1. The normalized spacial score (nSPS) is 13.0. The van der Waals surface area contributed by atoms with Crippen LogP contribution < -0.4 is 4.90 Å². The average Bonchev–Trinajstić information content (AvgIpc) is 4.06. The van der Waals surface area contributed by atoms with Crippen LogP contribution in [0.5, 0.6) is 0 Å². The summed E-state index contributed by atoms with van der Waals surface area (Å²) in [5.41, 5.74) is 18.6. The van der Waals surface area contributed by atoms with E-state index in [1.807, 2.05) is 11.3 Å². The Morgan fingerprint density at radius 1 is 0.447 bits per heavy atom. The van der Waals surface area contributed by atoms with Gasteiger partial charge in [0.2, 0.25) is 0 Å². The van der Waals surface area contributed by atoms with Gasteiger partial charge in [0.25, 0.3) is 0 Å². The minimum absolute atomic E-state index is 0.287. The fourth-order valence-corrected chi connectivity index (χ4v) is 14.0. The average molecular weight is 990 g/mol. The van der Waals surface area contributed by atoms with Crippen LogP contribution in [0.25, 0.3) is 64.0 Å². The summed E-state index contributed by atoms with van der Waals surface area (Å²) in [7, 11) is 0. The zero-order valence-corrected chi connectivity index (χ0v) is 43.4. The molecule has 0 spiro atoms. The highest BCUT2D eigenvalue weighted by Crippen LogP contribution is 2.60. The van der Waals surface area contributed by atoms with E-state index in [0.29, 0.717) is 0 Å². The first kappa shape index (κ1) is 45.8. The van der Waals surface area contributed by atoms with E-state index in [-0.39, 0.29) is 5.92 Å². The third-order valence-electron chi connectivity index (χ3n) is 16.3. The van der Waals surface area contributed by atoms with E-state index >= 15 is 0 Å². The zero-order chi connectivity index (χ0) is 50.6. The van der Waals surface area contributed by atoms with Crippen molar-refractivity contribution in [3.8, 4) is 22.3 Å². The highest BCUT2D eigenvalue weighted by atomic mass is 32.1. The largest absolute Gasteiger partial charge is 0.310 e. The van der Waals surface area contributed by atoms with Crippen molar-refractivity contribution >= 4 is 70.1 Å². The molecular weight excluding hydrogens is 935 g/mol. The van der Waals surface area contributed by atoms with Crippen LogP contribution in [0.1, 0.15) is 56.8 Å². The van der Waals surface area contributed by atoms with Crippen LogP contribution >= 0.6 is 11.3 Å². The van der Waals surface area contributed by atoms with E-state index in [0.717, 1.165) is 30.6 Å². The zero-order valence-electron chi connectivity index (χ0n) is 42.5. The number of benzene rings is 12. The van der Waals surface area contributed by atoms with E-state index < -0.39 is 5.41 Å². The molecule has 1 unspecified atom stereocenters. The van der Waals surface area contributed by atoms with Crippen molar-refractivity contribution in [2.24, 2.45) is 0 Å². The van der Waals surface area contributed by atoms with Gasteiger partial charge in [0.05, 0.1) is 11.1 Å². The summed E-state index contributed by atoms with van der Waals surface area (Å²) in [6.07, 6.45) is 2.88. The molecule has 1 atom stereocenters. The molecule has 1 aliphatic rings. The van der Waals surface area contributed by atoms with Gasteiger partial charge in [-0.15, -0.1) is 11.3 Å². The smallest absolute Gasteiger partial charge is 0.0714 e. The molecule has 1 aromatic heterocycles. The number of anilines is 3. The number of para-hydroxylation sites is 1. The molecule has 1 aliphatic carbocycles. The van der Waals surface area contributed by atoms with Gasteiger partial charge in [-0.1, -0.05) is 230 Å². The lowest BCUT2D eigenvalue weighted by Crippen LogP contribution is -2.29. The topological polar surface area (TPSA) is 3.24 Å². The van der Waals surface area contributed by atoms with Gasteiger partial charge in [-0.2, -0.15) is 0 Å². The molecule has 12 aromatic carbocycles. The highest BCUT2D eigenvalue weighted by molar-refractivity contribution is 7.26.